The molecule has 0 aromatic carbocycles. The number of fused-ring (bicyclic) bond motifs is 1. The van der Waals surface area contributed by atoms with Crippen LogP contribution in [0.15, 0.2) is 11.4 Å². The van der Waals surface area contributed by atoms with Crippen molar-refractivity contribution in [2.24, 2.45) is 5.92 Å². The number of carbonyl (C=O) groups excluding carboxylic acids is 1. The average Bonchev–Trinajstić information content (AvgIpc) is 2.96. The zero-order valence-corrected chi connectivity index (χ0v) is 12.9. The maximum absolute atomic E-state index is 12.1. The second kappa shape index (κ2) is 5.95. The molecule has 6 nitrogen and oxygen atoms in total. The Morgan fingerprint density at radius 2 is 2.43 bits per heavy atom. The number of aryl methyl sites for hydroxylation is 2. The van der Waals surface area contributed by atoms with Gasteiger partial charge in [-0.2, -0.15) is 0 Å². The number of nitrogens with zero attached hydrogens (tertiary/aromatic N) is 3. The molecule has 7 heteroatoms. The zero-order chi connectivity index (χ0) is 14.8. The standard InChI is InChI=1S/C14H18N4O2S/c1-9-3-4-21-13(9)14(19)15-5-11-6-18-12(8-20-7-11)10(2)16-17-18/h3-4,11H,5-8H2,1-2H3,(H,15,19)/t11-/m1/s1. The molecule has 21 heavy (non-hydrogen) atoms. The lowest BCUT2D eigenvalue weighted by molar-refractivity contribution is 0.0852. The summed E-state index contributed by atoms with van der Waals surface area (Å²) in [5.74, 6) is 0.193. The second-order valence-corrected chi connectivity index (χ2v) is 6.24. The van der Waals surface area contributed by atoms with Gasteiger partial charge >= 0.3 is 0 Å². The molecule has 1 amide bonds. The summed E-state index contributed by atoms with van der Waals surface area (Å²) in [7, 11) is 0. The number of ether oxygens (including phenoxy) is 1. The molecule has 0 aliphatic carbocycles. The van der Waals surface area contributed by atoms with Crippen molar-refractivity contribution >= 4 is 17.2 Å². The lowest BCUT2D eigenvalue weighted by Gasteiger charge is -2.14. The topological polar surface area (TPSA) is 69.0 Å². The predicted octanol–water partition coefficient (Wildman–Crippen LogP) is 1.53. The van der Waals surface area contributed by atoms with Crippen molar-refractivity contribution in [1.29, 1.82) is 0 Å². The fourth-order valence-corrected chi connectivity index (χ4v) is 3.25. The first-order valence-corrected chi connectivity index (χ1v) is 7.82. The van der Waals surface area contributed by atoms with Gasteiger partial charge in [0, 0.05) is 19.0 Å². The van der Waals surface area contributed by atoms with E-state index in [9.17, 15) is 4.79 Å². The van der Waals surface area contributed by atoms with E-state index in [0.29, 0.717) is 19.8 Å². The highest BCUT2D eigenvalue weighted by Gasteiger charge is 2.21. The first-order chi connectivity index (χ1) is 10.1. The molecule has 0 saturated carbocycles. The highest BCUT2D eigenvalue weighted by Crippen LogP contribution is 2.17. The van der Waals surface area contributed by atoms with E-state index in [2.05, 4.69) is 15.6 Å². The van der Waals surface area contributed by atoms with Gasteiger partial charge in [0.1, 0.15) is 0 Å². The molecule has 1 aliphatic heterocycles. The summed E-state index contributed by atoms with van der Waals surface area (Å²) in [5, 5.41) is 13.1. The van der Waals surface area contributed by atoms with Crippen LogP contribution in [-0.2, 0) is 17.9 Å². The molecule has 2 aromatic rings. The molecule has 3 rings (SSSR count). The van der Waals surface area contributed by atoms with Gasteiger partial charge in [0.15, 0.2) is 0 Å². The van der Waals surface area contributed by atoms with Crippen LogP contribution in [0.2, 0.25) is 0 Å². The minimum absolute atomic E-state index is 0.0123. The Morgan fingerprint density at radius 1 is 1.57 bits per heavy atom. The van der Waals surface area contributed by atoms with Gasteiger partial charge < -0.3 is 10.1 Å². The van der Waals surface area contributed by atoms with Crippen LogP contribution >= 0.6 is 11.3 Å². The molecule has 0 fully saturated rings. The average molecular weight is 306 g/mol. The summed E-state index contributed by atoms with van der Waals surface area (Å²) in [4.78, 5) is 12.9. The lowest BCUT2D eigenvalue weighted by Crippen LogP contribution is -2.32. The number of aromatic nitrogens is 3. The highest BCUT2D eigenvalue weighted by molar-refractivity contribution is 7.12. The normalized spacial score (nSPS) is 18.1. The number of carbonyl (C=O) groups is 1. The Bertz CT molecular complexity index is 649. The Balaban J connectivity index is 1.61. The molecule has 3 heterocycles. The van der Waals surface area contributed by atoms with Gasteiger partial charge in [0.25, 0.3) is 5.91 Å². The Hall–Kier alpha value is -1.73. The SMILES string of the molecule is Cc1ccsc1C(=O)NC[C@H]1COCc2c(C)nnn2C1. The van der Waals surface area contributed by atoms with E-state index in [0.717, 1.165) is 28.4 Å². The summed E-state index contributed by atoms with van der Waals surface area (Å²) in [5.41, 5.74) is 2.95. The molecule has 112 valence electrons. The Labute approximate surface area is 127 Å². The van der Waals surface area contributed by atoms with Crippen molar-refractivity contribution in [3.63, 3.8) is 0 Å². The van der Waals surface area contributed by atoms with Gasteiger partial charge in [-0.1, -0.05) is 5.21 Å². The smallest absolute Gasteiger partial charge is 0.261 e. The van der Waals surface area contributed by atoms with E-state index < -0.39 is 0 Å². The largest absolute Gasteiger partial charge is 0.375 e. The number of thiophene rings is 1. The fourth-order valence-electron chi connectivity index (χ4n) is 2.41. The van der Waals surface area contributed by atoms with Crippen molar-refractivity contribution in [2.75, 3.05) is 13.2 Å². The van der Waals surface area contributed by atoms with Crippen LogP contribution < -0.4 is 5.32 Å². The second-order valence-electron chi connectivity index (χ2n) is 5.33. The molecular formula is C14H18N4O2S. The van der Waals surface area contributed by atoms with Gasteiger partial charge in [0.2, 0.25) is 0 Å². The summed E-state index contributed by atoms with van der Waals surface area (Å²) < 4.78 is 7.55. The van der Waals surface area contributed by atoms with Gasteiger partial charge in [-0.05, 0) is 30.9 Å². The van der Waals surface area contributed by atoms with Crippen LogP contribution in [0.4, 0.5) is 0 Å². The van der Waals surface area contributed by atoms with Crippen LogP contribution in [0.5, 0.6) is 0 Å². The van der Waals surface area contributed by atoms with Crippen LogP contribution in [0.1, 0.15) is 26.6 Å². The zero-order valence-electron chi connectivity index (χ0n) is 12.1. The van der Waals surface area contributed by atoms with Crippen LogP contribution in [-0.4, -0.2) is 34.1 Å². The summed E-state index contributed by atoms with van der Waals surface area (Å²) in [6.45, 7) is 6.34. The highest BCUT2D eigenvalue weighted by atomic mass is 32.1. The summed E-state index contributed by atoms with van der Waals surface area (Å²) >= 11 is 1.47. The molecule has 0 radical (unpaired) electrons. The molecular weight excluding hydrogens is 288 g/mol. The van der Waals surface area contributed by atoms with E-state index in [1.807, 2.05) is 30.0 Å². The third kappa shape index (κ3) is 2.98. The van der Waals surface area contributed by atoms with Crippen molar-refractivity contribution < 1.29 is 9.53 Å². The van der Waals surface area contributed by atoms with E-state index in [4.69, 9.17) is 4.74 Å². The molecule has 1 aliphatic rings. The van der Waals surface area contributed by atoms with Crippen molar-refractivity contribution in [2.45, 2.75) is 27.0 Å². The minimum atomic E-state index is -0.0123. The van der Waals surface area contributed by atoms with Crippen LogP contribution in [0.3, 0.4) is 0 Å². The van der Waals surface area contributed by atoms with E-state index in [-0.39, 0.29) is 11.8 Å². The summed E-state index contributed by atoms with van der Waals surface area (Å²) in [6, 6.07) is 1.96. The number of rotatable bonds is 3. The van der Waals surface area contributed by atoms with E-state index in [1.165, 1.54) is 11.3 Å². The Kier molecular flexibility index (Phi) is 4.03. The number of nitrogens with one attached hydrogen (secondary N) is 1. The predicted molar refractivity (Wildman–Crippen MR) is 79.3 cm³/mol. The molecule has 0 spiro atoms. The maximum atomic E-state index is 12.1. The van der Waals surface area contributed by atoms with E-state index >= 15 is 0 Å². The van der Waals surface area contributed by atoms with Crippen molar-refractivity contribution in [1.82, 2.24) is 20.3 Å². The third-order valence-electron chi connectivity index (χ3n) is 3.67. The van der Waals surface area contributed by atoms with Crippen LogP contribution in [0.25, 0.3) is 0 Å². The molecule has 2 aromatic heterocycles. The number of amides is 1. The molecule has 1 N–H and O–H groups in total. The monoisotopic (exact) mass is 306 g/mol. The van der Waals surface area contributed by atoms with Gasteiger partial charge in [-0.3, -0.25) is 4.79 Å². The molecule has 0 bridgehead atoms. The van der Waals surface area contributed by atoms with E-state index in [1.54, 1.807) is 0 Å². The Morgan fingerprint density at radius 3 is 3.19 bits per heavy atom. The molecule has 1 atom stereocenters. The van der Waals surface area contributed by atoms with Crippen molar-refractivity contribution in [3.05, 3.63) is 33.3 Å². The molecule has 0 saturated heterocycles. The summed E-state index contributed by atoms with van der Waals surface area (Å²) in [6.07, 6.45) is 0. The number of hydrogen-bond donors (Lipinski definition) is 1. The fraction of sp³-hybridized carbons (Fsp3) is 0.500. The lowest BCUT2D eigenvalue weighted by atomic mass is 10.1. The maximum Gasteiger partial charge on any atom is 0.261 e. The van der Waals surface area contributed by atoms with Gasteiger partial charge in [0.05, 0.1) is 29.5 Å². The van der Waals surface area contributed by atoms with Gasteiger partial charge in [-0.25, -0.2) is 4.68 Å². The number of hydrogen-bond acceptors (Lipinski definition) is 5. The first kappa shape index (κ1) is 14.2. The first-order valence-electron chi connectivity index (χ1n) is 6.94. The van der Waals surface area contributed by atoms with Crippen LogP contribution in [0, 0.1) is 19.8 Å². The quantitative estimate of drug-likeness (QED) is 0.934. The molecule has 0 unspecified atom stereocenters. The van der Waals surface area contributed by atoms with Gasteiger partial charge in [-0.15, -0.1) is 16.4 Å². The van der Waals surface area contributed by atoms with Crippen molar-refractivity contribution in [3.8, 4) is 0 Å². The third-order valence-corrected chi connectivity index (χ3v) is 4.69. The minimum Gasteiger partial charge on any atom is -0.375 e.